The normalized spacial score (nSPS) is 18.0. The van der Waals surface area contributed by atoms with E-state index in [0.717, 1.165) is 23.3 Å². The van der Waals surface area contributed by atoms with Crippen LogP contribution in [0, 0.1) is 0 Å². The first-order valence-electron chi connectivity index (χ1n) is 9.80. The Morgan fingerprint density at radius 1 is 1.33 bits per heavy atom. The molecule has 0 radical (unpaired) electrons. The predicted octanol–water partition coefficient (Wildman–Crippen LogP) is 4.60. The monoisotopic (exact) mass is 432 g/mol. The zero-order chi connectivity index (χ0) is 19.4. The number of likely N-dealkylation sites (tertiary alicyclic amines) is 1. The van der Waals surface area contributed by atoms with E-state index in [0.29, 0.717) is 18.3 Å². The largest absolute Gasteiger partial charge is 0.347 e. The van der Waals surface area contributed by atoms with Crippen molar-refractivity contribution >= 4 is 21.8 Å². The molecule has 2 N–H and O–H groups in total. The van der Waals surface area contributed by atoms with Crippen molar-refractivity contribution in [2.75, 3.05) is 6.54 Å². The second-order valence-corrected chi connectivity index (χ2v) is 8.51. The SMILES string of the molecule is CC(C)c1[nH]nc(C(=O)NCc2ccccc2CN2CCCCC2C)c1Br. The van der Waals surface area contributed by atoms with Crippen LogP contribution in [0.2, 0.25) is 0 Å². The molecule has 1 amide bonds. The molecule has 0 aliphatic carbocycles. The number of amides is 1. The molecule has 146 valence electrons. The van der Waals surface area contributed by atoms with E-state index in [4.69, 9.17) is 0 Å². The quantitative estimate of drug-likeness (QED) is 0.700. The highest BCUT2D eigenvalue weighted by Gasteiger charge is 2.21. The van der Waals surface area contributed by atoms with Gasteiger partial charge in [-0.3, -0.25) is 14.8 Å². The molecule has 1 atom stereocenters. The predicted molar refractivity (Wildman–Crippen MR) is 112 cm³/mol. The average Bonchev–Trinajstić information content (AvgIpc) is 3.04. The van der Waals surface area contributed by atoms with Crippen molar-refractivity contribution in [2.24, 2.45) is 0 Å². The smallest absolute Gasteiger partial charge is 0.273 e. The zero-order valence-corrected chi connectivity index (χ0v) is 18.0. The van der Waals surface area contributed by atoms with E-state index in [2.05, 4.69) is 75.3 Å². The lowest BCUT2D eigenvalue weighted by atomic mass is 10.0. The molecule has 1 aromatic carbocycles. The molecule has 5 nitrogen and oxygen atoms in total. The van der Waals surface area contributed by atoms with Gasteiger partial charge >= 0.3 is 0 Å². The lowest BCUT2D eigenvalue weighted by Gasteiger charge is -2.33. The summed E-state index contributed by atoms with van der Waals surface area (Å²) in [6, 6.07) is 9.00. The molecule has 1 aromatic heterocycles. The third kappa shape index (κ3) is 4.79. The van der Waals surface area contributed by atoms with Gasteiger partial charge in [0, 0.05) is 19.1 Å². The van der Waals surface area contributed by atoms with Crippen molar-refractivity contribution in [2.45, 2.75) is 65.1 Å². The molecule has 27 heavy (non-hydrogen) atoms. The number of nitrogens with zero attached hydrogens (tertiary/aromatic N) is 2. The number of nitrogens with one attached hydrogen (secondary N) is 2. The van der Waals surface area contributed by atoms with Gasteiger partial charge in [0.1, 0.15) is 0 Å². The minimum absolute atomic E-state index is 0.161. The maximum atomic E-state index is 12.6. The number of H-pyrrole nitrogens is 1. The van der Waals surface area contributed by atoms with E-state index >= 15 is 0 Å². The summed E-state index contributed by atoms with van der Waals surface area (Å²) >= 11 is 3.50. The second kappa shape index (κ2) is 9.02. The summed E-state index contributed by atoms with van der Waals surface area (Å²) in [5, 5.41) is 10.2. The summed E-state index contributed by atoms with van der Waals surface area (Å²) < 4.78 is 0.755. The number of aromatic nitrogens is 2. The Hall–Kier alpha value is -1.66. The molecule has 2 aromatic rings. The molecular formula is C21H29BrN4O. The number of halogens is 1. The molecule has 2 heterocycles. The van der Waals surface area contributed by atoms with Crippen LogP contribution in [0.25, 0.3) is 0 Å². The molecule has 3 rings (SSSR count). The lowest BCUT2D eigenvalue weighted by molar-refractivity contribution is 0.0944. The van der Waals surface area contributed by atoms with Crippen LogP contribution in [0.15, 0.2) is 28.7 Å². The minimum atomic E-state index is -0.161. The molecular weight excluding hydrogens is 404 g/mol. The molecule has 1 unspecified atom stereocenters. The lowest BCUT2D eigenvalue weighted by Crippen LogP contribution is -2.37. The van der Waals surface area contributed by atoms with Gasteiger partial charge in [-0.05, 0) is 59.3 Å². The zero-order valence-electron chi connectivity index (χ0n) is 16.4. The van der Waals surface area contributed by atoms with E-state index in [-0.39, 0.29) is 11.8 Å². The van der Waals surface area contributed by atoms with Gasteiger partial charge in [-0.2, -0.15) is 5.10 Å². The minimum Gasteiger partial charge on any atom is -0.347 e. The number of aromatic amines is 1. The molecule has 0 bridgehead atoms. The molecule has 0 saturated carbocycles. The van der Waals surface area contributed by atoms with E-state index in [1.807, 2.05) is 6.07 Å². The fraction of sp³-hybridized carbons (Fsp3) is 0.524. The second-order valence-electron chi connectivity index (χ2n) is 7.72. The van der Waals surface area contributed by atoms with Crippen LogP contribution < -0.4 is 5.32 Å². The highest BCUT2D eigenvalue weighted by molar-refractivity contribution is 9.10. The van der Waals surface area contributed by atoms with Crippen molar-refractivity contribution < 1.29 is 4.79 Å². The van der Waals surface area contributed by atoms with E-state index in [9.17, 15) is 4.79 Å². The first kappa shape index (κ1) is 20.1. The Kier molecular flexibility index (Phi) is 6.71. The highest BCUT2D eigenvalue weighted by Crippen LogP contribution is 2.25. The Morgan fingerprint density at radius 2 is 2.07 bits per heavy atom. The van der Waals surface area contributed by atoms with Crippen molar-refractivity contribution in [3.63, 3.8) is 0 Å². The fourth-order valence-corrected chi connectivity index (χ4v) is 4.44. The van der Waals surface area contributed by atoms with Crippen LogP contribution >= 0.6 is 15.9 Å². The van der Waals surface area contributed by atoms with E-state index in [1.165, 1.54) is 30.4 Å². The van der Waals surface area contributed by atoms with Gasteiger partial charge in [0.25, 0.3) is 5.91 Å². The maximum absolute atomic E-state index is 12.6. The molecule has 1 saturated heterocycles. The Morgan fingerprint density at radius 3 is 2.74 bits per heavy atom. The number of hydrogen-bond donors (Lipinski definition) is 2. The fourth-order valence-electron chi connectivity index (χ4n) is 3.63. The standard InChI is InChI=1S/C21H29BrN4O/c1-14(2)19-18(22)20(25-24-19)21(27)23-12-16-9-4-5-10-17(16)13-26-11-7-6-8-15(26)3/h4-5,9-10,14-15H,6-8,11-13H2,1-3H3,(H,23,27)(H,24,25). The van der Waals surface area contributed by atoms with Gasteiger partial charge < -0.3 is 5.32 Å². The van der Waals surface area contributed by atoms with Gasteiger partial charge in [0.05, 0.1) is 10.2 Å². The summed E-state index contributed by atoms with van der Waals surface area (Å²) in [5.41, 5.74) is 3.82. The van der Waals surface area contributed by atoms with Crippen molar-refractivity contribution in [3.8, 4) is 0 Å². The number of carbonyl (C=O) groups is 1. The van der Waals surface area contributed by atoms with Crippen LogP contribution in [0.4, 0.5) is 0 Å². The van der Waals surface area contributed by atoms with Crippen LogP contribution in [-0.4, -0.2) is 33.6 Å². The molecule has 1 aliphatic rings. The van der Waals surface area contributed by atoms with E-state index < -0.39 is 0 Å². The van der Waals surface area contributed by atoms with Crippen molar-refractivity contribution in [3.05, 3.63) is 51.3 Å². The molecule has 1 fully saturated rings. The molecule has 1 aliphatic heterocycles. The van der Waals surface area contributed by atoms with Crippen LogP contribution in [-0.2, 0) is 13.1 Å². The topological polar surface area (TPSA) is 61.0 Å². The summed E-state index contributed by atoms with van der Waals surface area (Å²) in [6.45, 7) is 9.05. The average molecular weight is 433 g/mol. The number of carbonyl (C=O) groups excluding carboxylic acids is 1. The third-order valence-electron chi connectivity index (χ3n) is 5.40. The summed E-state index contributed by atoms with van der Waals surface area (Å²) in [6.07, 6.45) is 3.87. The number of rotatable bonds is 6. The van der Waals surface area contributed by atoms with Gasteiger partial charge in [0.2, 0.25) is 0 Å². The first-order valence-corrected chi connectivity index (χ1v) is 10.6. The molecule has 6 heteroatoms. The summed E-state index contributed by atoms with van der Waals surface area (Å²) in [7, 11) is 0. The van der Waals surface area contributed by atoms with Crippen LogP contribution in [0.3, 0.4) is 0 Å². The van der Waals surface area contributed by atoms with Crippen molar-refractivity contribution in [1.82, 2.24) is 20.4 Å². The molecule has 0 spiro atoms. The third-order valence-corrected chi connectivity index (χ3v) is 6.20. The van der Waals surface area contributed by atoms with Crippen molar-refractivity contribution in [1.29, 1.82) is 0 Å². The highest BCUT2D eigenvalue weighted by atomic mass is 79.9. The van der Waals surface area contributed by atoms with Gasteiger partial charge in [0.15, 0.2) is 5.69 Å². The van der Waals surface area contributed by atoms with Gasteiger partial charge in [-0.25, -0.2) is 0 Å². The van der Waals surface area contributed by atoms with E-state index in [1.54, 1.807) is 0 Å². The van der Waals surface area contributed by atoms with Gasteiger partial charge in [-0.15, -0.1) is 0 Å². The summed E-state index contributed by atoms with van der Waals surface area (Å²) in [4.78, 5) is 15.1. The van der Waals surface area contributed by atoms with Gasteiger partial charge in [-0.1, -0.05) is 44.5 Å². The number of benzene rings is 1. The Labute approximate surface area is 170 Å². The number of piperidine rings is 1. The summed E-state index contributed by atoms with van der Waals surface area (Å²) in [5.74, 6) is 0.117. The Balaban J connectivity index is 1.67. The van der Waals surface area contributed by atoms with Crippen LogP contribution in [0.5, 0.6) is 0 Å². The number of hydrogen-bond acceptors (Lipinski definition) is 3. The Bertz CT molecular complexity index is 786. The maximum Gasteiger partial charge on any atom is 0.273 e. The van der Waals surface area contributed by atoms with Crippen LogP contribution in [0.1, 0.15) is 73.3 Å². The first-order chi connectivity index (χ1) is 13.0.